The standard InChI is InChI=1S/C7H4F2O2/c8-5-1-3-6(4-2-5)11-7(9)10/h1-4H. The zero-order chi connectivity index (χ0) is 8.27. The van der Waals surface area contributed by atoms with Gasteiger partial charge in [-0.05, 0) is 24.3 Å². The smallest absolute Gasteiger partial charge is 0.401 e. The summed E-state index contributed by atoms with van der Waals surface area (Å²) in [4.78, 5) is 9.72. The molecule has 1 aromatic carbocycles. The maximum atomic E-state index is 12.2. The van der Waals surface area contributed by atoms with E-state index in [1.807, 2.05) is 0 Å². The third kappa shape index (κ3) is 2.33. The van der Waals surface area contributed by atoms with Gasteiger partial charge < -0.3 is 4.74 Å². The van der Waals surface area contributed by atoms with Crippen LogP contribution in [0.4, 0.5) is 13.6 Å². The van der Waals surface area contributed by atoms with Gasteiger partial charge in [0, 0.05) is 0 Å². The van der Waals surface area contributed by atoms with Crippen LogP contribution in [0, 0.1) is 5.82 Å². The number of ether oxygens (including phenoxy) is 1. The summed E-state index contributed by atoms with van der Waals surface area (Å²) in [5.74, 6) is -0.484. The average Bonchev–Trinajstić information content (AvgIpc) is 1.93. The summed E-state index contributed by atoms with van der Waals surface area (Å²) in [5, 5.41) is 0. The molecular formula is C7H4F2O2. The van der Waals surface area contributed by atoms with Crippen LogP contribution < -0.4 is 4.74 Å². The van der Waals surface area contributed by atoms with E-state index in [1.165, 1.54) is 0 Å². The molecule has 0 aliphatic heterocycles. The number of rotatable bonds is 1. The van der Waals surface area contributed by atoms with E-state index in [2.05, 4.69) is 4.74 Å². The Hall–Kier alpha value is -1.45. The normalized spacial score (nSPS) is 9.27. The maximum Gasteiger partial charge on any atom is 0.500 e. The second-order valence-electron chi connectivity index (χ2n) is 1.79. The Morgan fingerprint density at radius 2 is 1.82 bits per heavy atom. The topological polar surface area (TPSA) is 26.3 Å². The highest BCUT2D eigenvalue weighted by atomic mass is 19.1. The molecule has 0 aliphatic carbocycles. The Kier molecular flexibility index (Phi) is 2.15. The summed E-state index contributed by atoms with van der Waals surface area (Å²) in [6, 6.07) is 4.45. The Balaban J connectivity index is 2.74. The first-order valence-corrected chi connectivity index (χ1v) is 2.81. The molecule has 58 valence electrons. The highest BCUT2D eigenvalue weighted by molar-refractivity contribution is 5.61. The fourth-order valence-electron chi connectivity index (χ4n) is 0.595. The lowest BCUT2D eigenvalue weighted by atomic mass is 10.3. The van der Waals surface area contributed by atoms with Crippen LogP contribution >= 0.6 is 0 Å². The third-order valence-electron chi connectivity index (χ3n) is 1.01. The molecule has 0 N–H and O–H groups in total. The van der Waals surface area contributed by atoms with Crippen LogP contribution in [-0.4, -0.2) is 6.22 Å². The van der Waals surface area contributed by atoms with Crippen LogP contribution in [0.3, 0.4) is 0 Å². The summed E-state index contributed by atoms with van der Waals surface area (Å²) in [7, 11) is 0. The average molecular weight is 158 g/mol. The van der Waals surface area contributed by atoms with Crippen molar-refractivity contribution < 1.29 is 18.3 Å². The predicted molar refractivity (Wildman–Crippen MR) is 33.5 cm³/mol. The van der Waals surface area contributed by atoms with Crippen molar-refractivity contribution in [2.75, 3.05) is 0 Å². The van der Waals surface area contributed by atoms with Crippen LogP contribution in [-0.2, 0) is 0 Å². The summed E-state index contributed by atoms with van der Waals surface area (Å²) in [6.07, 6.45) is -1.91. The van der Waals surface area contributed by atoms with Crippen LogP contribution in [0.15, 0.2) is 24.3 Å². The second-order valence-corrected chi connectivity index (χ2v) is 1.79. The second kappa shape index (κ2) is 3.09. The van der Waals surface area contributed by atoms with Crippen LogP contribution in [0.5, 0.6) is 5.75 Å². The Bertz CT molecular complexity index is 256. The summed E-state index contributed by atoms with van der Waals surface area (Å²) < 4.78 is 27.7. The molecule has 0 aliphatic rings. The maximum absolute atomic E-state index is 12.2. The van der Waals surface area contributed by atoms with Gasteiger partial charge in [0.05, 0.1) is 0 Å². The van der Waals surface area contributed by atoms with E-state index in [0.29, 0.717) is 0 Å². The lowest BCUT2D eigenvalue weighted by Crippen LogP contribution is -1.96. The number of halogens is 2. The van der Waals surface area contributed by atoms with Gasteiger partial charge in [-0.15, -0.1) is 4.39 Å². The van der Waals surface area contributed by atoms with Crippen molar-refractivity contribution in [1.82, 2.24) is 0 Å². The van der Waals surface area contributed by atoms with E-state index in [9.17, 15) is 13.6 Å². The van der Waals surface area contributed by atoms with Gasteiger partial charge in [0.25, 0.3) is 0 Å². The molecule has 2 nitrogen and oxygen atoms in total. The van der Waals surface area contributed by atoms with Crippen molar-refractivity contribution in [3.05, 3.63) is 30.1 Å². The van der Waals surface area contributed by atoms with Crippen molar-refractivity contribution in [2.24, 2.45) is 0 Å². The minimum absolute atomic E-state index is 0.0149. The van der Waals surface area contributed by atoms with Gasteiger partial charge in [-0.3, -0.25) is 0 Å². The molecule has 0 saturated heterocycles. The highest BCUT2D eigenvalue weighted by Gasteiger charge is 2.00. The molecule has 0 radical (unpaired) electrons. The molecular weight excluding hydrogens is 154 g/mol. The zero-order valence-electron chi connectivity index (χ0n) is 5.38. The van der Waals surface area contributed by atoms with Crippen molar-refractivity contribution >= 4 is 6.22 Å². The van der Waals surface area contributed by atoms with Crippen LogP contribution in [0.2, 0.25) is 0 Å². The monoisotopic (exact) mass is 158 g/mol. The molecule has 11 heavy (non-hydrogen) atoms. The van der Waals surface area contributed by atoms with E-state index in [-0.39, 0.29) is 5.75 Å². The van der Waals surface area contributed by atoms with Gasteiger partial charge in [-0.2, -0.15) is 0 Å². The largest absolute Gasteiger partial charge is 0.500 e. The van der Waals surface area contributed by atoms with Crippen molar-refractivity contribution in [1.29, 1.82) is 0 Å². The molecule has 0 atom stereocenters. The molecule has 0 amide bonds. The lowest BCUT2D eigenvalue weighted by Gasteiger charge is -1.95. The summed E-state index contributed by atoms with van der Waals surface area (Å²) >= 11 is 0. The predicted octanol–water partition coefficient (Wildman–Crippen LogP) is 2.29. The highest BCUT2D eigenvalue weighted by Crippen LogP contribution is 2.11. The minimum atomic E-state index is -1.91. The molecule has 4 heteroatoms. The zero-order valence-corrected chi connectivity index (χ0v) is 5.38. The molecule has 0 heterocycles. The molecule has 0 aromatic heterocycles. The van der Waals surface area contributed by atoms with Crippen LogP contribution in [0.25, 0.3) is 0 Å². The lowest BCUT2D eigenvalue weighted by molar-refractivity contribution is 0.175. The minimum Gasteiger partial charge on any atom is -0.401 e. The Morgan fingerprint density at radius 1 is 1.27 bits per heavy atom. The van der Waals surface area contributed by atoms with E-state index in [0.717, 1.165) is 24.3 Å². The summed E-state index contributed by atoms with van der Waals surface area (Å²) in [6.45, 7) is 0. The molecule has 0 saturated carbocycles. The first kappa shape index (κ1) is 7.65. The van der Waals surface area contributed by atoms with E-state index in [1.54, 1.807) is 0 Å². The van der Waals surface area contributed by atoms with Gasteiger partial charge >= 0.3 is 6.22 Å². The Labute approximate surface area is 61.4 Å². The van der Waals surface area contributed by atoms with E-state index < -0.39 is 12.0 Å². The first-order chi connectivity index (χ1) is 5.18. The van der Waals surface area contributed by atoms with Gasteiger partial charge in [-0.25, -0.2) is 9.18 Å². The molecule has 1 rings (SSSR count). The number of hydrogen-bond acceptors (Lipinski definition) is 2. The molecule has 0 spiro atoms. The SMILES string of the molecule is O=C(F)Oc1ccc(F)cc1. The number of hydrogen-bond donors (Lipinski definition) is 0. The van der Waals surface area contributed by atoms with Crippen molar-refractivity contribution in [3.8, 4) is 5.75 Å². The fourth-order valence-corrected chi connectivity index (χ4v) is 0.595. The number of carbonyl (C=O) groups excluding carboxylic acids is 1. The van der Waals surface area contributed by atoms with Gasteiger partial charge in [0.1, 0.15) is 11.6 Å². The summed E-state index contributed by atoms with van der Waals surface area (Å²) in [5.41, 5.74) is 0. The fraction of sp³-hybridized carbons (Fsp3) is 0. The first-order valence-electron chi connectivity index (χ1n) is 2.81. The molecule has 0 unspecified atom stereocenters. The molecule has 1 aromatic rings. The van der Waals surface area contributed by atoms with E-state index in [4.69, 9.17) is 0 Å². The van der Waals surface area contributed by atoms with Crippen LogP contribution in [0.1, 0.15) is 0 Å². The molecule has 0 bridgehead atoms. The van der Waals surface area contributed by atoms with E-state index >= 15 is 0 Å². The molecule has 0 fully saturated rings. The van der Waals surface area contributed by atoms with Gasteiger partial charge in [0.2, 0.25) is 0 Å². The van der Waals surface area contributed by atoms with Gasteiger partial charge in [-0.1, -0.05) is 0 Å². The van der Waals surface area contributed by atoms with Crippen molar-refractivity contribution in [3.63, 3.8) is 0 Å². The Morgan fingerprint density at radius 3 is 2.27 bits per heavy atom. The van der Waals surface area contributed by atoms with Gasteiger partial charge in [0.15, 0.2) is 0 Å². The number of benzene rings is 1. The van der Waals surface area contributed by atoms with Crippen molar-refractivity contribution in [2.45, 2.75) is 0 Å². The quantitative estimate of drug-likeness (QED) is 0.586. The number of carbonyl (C=O) groups is 1. The third-order valence-corrected chi connectivity index (χ3v) is 1.01.